The molecule has 1 aliphatic heterocycles. The summed E-state index contributed by atoms with van der Waals surface area (Å²) in [5.41, 5.74) is 1.58. The smallest absolute Gasteiger partial charge is 0.303 e. The molecule has 1 aromatic carbocycles. The van der Waals surface area contributed by atoms with E-state index >= 15 is 0 Å². The molecular formula is C13H14ClNO4. The SMILES string of the molecule is COc1cc2c(cc1Cl)NC(=O)C(CCC(=O)O)C2. The second kappa shape index (κ2) is 5.48. The fourth-order valence-corrected chi connectivity index (χ4v) is 2.40. The Kier molecular flexibility index (Phi) is 3.95. The van der Waals surface area contributed by atoms with Crippen molar-refractivity contribution in [3.63, 3.8) is 0 Å². The maximum atomic E-state index is 11.9. The monoisotopic (exact) mass is 283 g/mol. The molecule has 0 aromatic heterocycles. The molecule has 102 valence electrons. The van der Waals surface area contributed by atoms with Crippen molar-refractivity contribution in [2.75, 3.05) is 12.4 Å². The Morgan fingerprint density at radius 1 is 1.58 bits per heavy atom. The Bertz CT molecular complexity index is 530. The van der Waals surface area contributed by atoms with E-state index in [1.165, 1.54) is 7.11 Å². The van der Waals surface area contributed by atoms with Crippen LogP contribution in [-0.2, 0) is 16.0 Å². The third kappa shape index (κ3) is 2.98. The predicted octanol–water partition coefficient (Wildman–Crippen LogP) is 2.32. The van der Waals surface area contributed by atoms with Crippen LogP contribution in [0, 0.1) is 5.92 Å². The Morgan fingerprint density at radius 3 is 2.95 bits per heavy atom. The highest BCUT2D eigenvalue weighted by atomic mass is 35.5. The standard InChI is InChI=1S/C13H14ClNO4/c1-19-11-5-8-4-7(2-3-12(16)17)13(18)15-10(8)6-9(11)14/h5-7H,2-4H2,1H3,(H,15,18)(H,16,17). The normalized spacial score (nSPS) is 17.6. The molecule has 6 heteroatoms. The summed E-state index contributed by atoms with van der Waals surface area (Å²) in [7, 11) is 1.52. The van der Waals surface area contributed by atoms with Crippen LogP contribution >= 0.6 is 11.6 Å². The molecule has 1 atom stereocenters. The third-order valence-electron chi connectivity index (χ3n) is 3.18. The summed E-state index contributed by atoms with van der Waals surface area (Å²) in [6, 6.07) is 3.44. The molecule has 1 unspecified atom stereocenters. The van der Waals surface area contributed by atoms with Crippen molar-refractivity contribution in [1.29, 1.82) is 0 Å². The van der Waals surface area contributed by atoms with Crippen molar-refractivity contribution in [2.24, 2.45) is 5.92 Å². The number of methoxy groups -OCH3 is 1. The second-order valence-electron chi connectivity index (χ2n) is 4.47. The quantitative estimate of drug-likeness (QED) is 0.889. The second-order valence-corrected chi connectivity index (χ2v) is 4.87. The highest BCUT2D eigenvalue weighted by molar-refractivity contribution is 6.32. The van der Waals surface area contributed by atoms with Crippen LogP contribution in [0.25, 0.3) is 0 Å². The van der Waals surface area contributed by atoms with Crippen molar-refractivity contribution in [3.05, 3.63) is 22.7 Å². The van der Waals surface area contributed by atoms with E-state index in [4.69, 9.17) is 21.4 Å². The van der Waals surface area contributed by atoms with Gasteiger partial charge in [-0.2, -0.15) is 0 Å². The number of anilines is 1. The van der Waals surface area contributed by atoms with Crippen LogP contribution < -0.4 is 10.1 Å². The van der Waals surface area contributed by atoms with Gasteiger partial charge in [0.2, 0.25) is 5.91 Å². The fraction of sp³-hybridized carbons (Fsp3) is 0.385. The van der Waals surface area contributed by atoms with Gasteiger partial charge in [0.15, 0.2) is 0 Å². The number of rotatable bonds is 4. The molecule has 0 spiro atoms. The number of carbonyl (C=O) groups is 2. The molecule has 2 N–H and O–H groups in total. The van der Waals surface area contributed by atoms with Crippen molar-refractivity contribution >= 4 is 29.2 Å². The minimum Gasteiger partial charge on any atom is -0.495 e. The van der Waals surface area contributed by atoms with Crippen LogP contribution in [0.2, 0.25) is 5.02 Å². The molecule has 1 amide bonds. The number of benzene rings is 1. The number of nitrogens with one attached hydrogen (secondary N) is 1. The van der Waals surface area contributed by atoms with Crippen molar-refractivity contribution < 1.29 is 19.4 Å². The van der Waals surface area contributed by atoms with E-state index in [-0.39, 0.29) is 18.2 Å². The number of hydrogen-bond donors (Lipinski definition) is 2. The summed E-state index contributed by atoms with van der Waals surface area (Å²) in [5, 5.41) is 11.9. The lowest BCUT2D eigenvalue weighted by Gasteiger charge is -2.25. The van der Waals surface area contributed by atoms with Crippen LogP contribution in [0.4, 0.5) is 5.69 Å². The van der Waals surface area contributed by atoms with Gasteiger partial charge in [-0.1, -0.05) is 11.6 Å². The Morgan fingerprint density at radius 2 is 2.32 bits per heavy atom. The molecule has 1 heterocycles. The summed E-state index contributed by atoms with van der Waals surface area (Å²) >= 11 is 5.99. The summed E-state index contributed by atoms with van der Waals surface area (Å²) in [6.45, 7) is 0. The molecule has 2 rings (SSSR count). The number of carboxylic acids is 1. The zero-order valence-corrected chi connectivity index (χ0v) is 11.2. The van der Waals surface area contributed by atoms with E-state index in [1.807, 2.05) is 0 Å². The van der Waals surface area contributed by atoms with Gasteiger partial charge in [0, 0.05) is 18.0 Å². The first-order valence-corrected chi connectivity index (χ1v) is 6.28. The van der Waals surface area contributed by atoms with Crippen LogP contribution in [0.5, 0.6) is 5.75 Å². The molecule has 0 radical (unpaired) electrons. The lowest BCUT2D eigenvalue weighted by Crippen LogP contribution is -2.30. The number of aliphatic carboxylic acids is 1. The van der Waals surface area contributed by atoms with Gasteiger partial charge in [0.1, 0.15) is 5.75 Å². The lowest BCUT2D eigenvalue weighted by atomic mass is 9.89. The number of carboxylic acid groups (broad SMARTS) is 1. The van der Waals surface area contributed by atoms with Crippen molar-refractivity contribution in [1.82, 2.24) is 0 Å². The van der Waals surface area contributed by atoms with E-state index in [1.54, 1.807) is 12.1 Å². The molecule has 5 nitrogen and oxygen atoms in total. The van der Waals surface area contributed by atoms with Gasteiger partial charge in [0.25, 0.3) is 0 Å². The minimum atomic E-state index is -0.896. The molecule has 0 bridgehead atoms. The van der Waals surface area contributed by atoms with Gasteiger partial charge in [0.05, 0.1) is 12.1 Å². The van der Waals surface area contributed by atoms with Gasteiger partial charge in [-0.3, -0.25) is 9.59 Å². The van der Waals surface area contributed by atoms with Crippen molar-refractivity contribution in [3.8, 4) is 5.75 Å². The van der Waals surface area contributed by atoms with E-state index in [2.05, 4.69) is 5.32 Å². The van der Waals surface area contributed by atoms with Gasteiger partial charge in [-0.05, 0) is 30.5 Å². The summed E-state index contributed by atoms with van der Waals surface area (Å²) in [6.07, 6.45) is 0.811. The highest BCUT2D eigenvalue weighted by Gasteiger charge is 2.27. The molecule has 19 heavy (non-hydrogen) atoms. The lowest BCUT2D eigenvalue weighted by molar-refractivity contribution is -0.137. The van der Waals surface area contributed by atoms with Crippen LogP contribution in [0.3, 0.4) is 0 Å². The zero-order valence-electron chi connectivity index (χ0n) is 10.4. The zero-order chi connectivity index (χ0) is 14.0. The number of fused-ring (bicyclic) bond motifs is 1. The molecule has 1 aliphatic rings. The first-order valence-electron chi connectivity index (χ1n) is 5.90. The van der Waals surface area contributed by atoms with Gasteiger partial charge in [-0.15, -0.1) is 0 Å². The van der Waals surface area contributed by atoms with E-state index < -0.39 is 5.97 Å². The molecule has 0 saturated heterocycles. The predicted molar refractivity (Wildman–Crippen MR) is 70.7 cm³/mol. The van der Waals surface area contributed by atoms with Gasteiger partial charge >= 0.3 is 5.97 Å². The van der Waals surface area contributed by atoms with Crippen molar-refractivity contribution in [2.45, 2.75) is 19.3 Å². The van der Waals surface area contributed by atoms with Gasteiger partial charge in [-0.25, -0.2) is 0 Å². The first kappa shape index (κ1) is 13.7. The number of hydrogen-bond acceptors (Lipinski definition) is 3. The first-order chi connectivity index (χ1) is 9.01. The summed E-state index contributed by atoms with van der Waals surface area (Å²) < 4.78 is 5.13. The fourth-order valence-electron chi connectivity index (χ4n) is 2.16. The van der Waals surface area contributed by atoms with E-state index in [0.29, 0.717) is 29.3 Å². The average Bonchev–Trinajstić information content (AvgIpc) is 2.35. The Balaban J connectivity index is 2.21. The number of halogens is 1. The third-order valence-corrected chi connectivity index (χ3v) is 3.47. The number of ether oxygens (including phenoxy) is 1. The number of amides is 1. The number of carbonyl (C=O) groups excluding carboxylic acids is 1. The summed E-state index contributed by atoms with van der Waals surface area (Å²) in [4.78, 5) is 22.4. The van der Waals surface area contributed by atoms with Gasteiger partial charge < -0.3 is 15.2 Å². The largest absolute Gasteiger partial charge is 0.495 e. The molecule has 0 saturated carbocycles. The van der Waals surface area contributed by atoms with Crippen LogP contribution in [-0.4, -0.2) is 24.1 Å². The highest BCUT2D eigenvalue weighted by Crippen LogP contribution is 2.35. The van der Waals surface area contributed by atoms with Crippen LogP contribution in [0.15, 0.2) is 12.1 Å². The maximum Gasteiger partial charge on any atom is 0.303 e. The maximum absolute atomic E-state index is 11.9. The molecule has 0 fully saturated rings. The Hall–Kier alpha value is -1.75. The topological polar surface area (TPSA) is 75.6 Å². The van der Waals surface area contributed by atoms with E-state index in [0.717, 1.165) is 5.56 Å². The average molecular weight is 284 g/mol. The molecule has 0 aliphatic carbocycles. The van der Waals surface area contributed by atoms with E-state index in [9.17, 15) is 9.59 Å². The summed E-state index contributed by atoms with van der Waals surface area (Å²) in [5.74, 6) is -0.828. The molecular weight excluding hydrogens is 270 g/mol. The minimum absolute atomic E-state index is 0.0157. The van der Waals surface area contributed by atoms with Crippen LogP contribution in [0.1, 0.15) is 18.4 Å². The molecule has 1 aromatic rings. The Labute approximate surface area is 115 Å².